The van der Waals surface area contributed by atoms with E-state index in [9.17, 15) is 18.0 Å². The van der Waals surface area contributed by atoms with Crippen LogP contribution in [0.2, 0.25) is 0 Å². The number of nitrogens with zero attached hydrogens (tertiary/aromatic N) is 1. The first-order valence-corrected chi connectivity index (χ1v) is 6.70. The Hall–Kier alpha value is -2.42. The van der Waals surface area contributed by atoms with E-state index in [1.54, 1.807) is 0 Å². The summed E-state index contributed by atoms with van der Waals surface area (Å²) in [6.07, 6.45) is -1.84. The van der Waals surface area contributed by atoms with Gasteiger partial charge in [-0.05, 0) is 11.6 Å². The minimum Gasteiger partial charge on any atom is -0.494 e. The first-order chi connectivity index (χ1) is 10.2. The molecule has 1 aromatic heterocycles. The molecule has 2 rings (SSSR count). The SMILES string of the molecule is C=C1C=C(NC(=O)c2csc(C(F)(F)F)n2)C(OC)=CC1=N. The van der Waals surface area contributed by atoms with Gasteiger partial charge in [0.1, 0.15) is 11.5 Å². The van der Waals surface area contributed by atoms with Crippen molar-refractivity contribution in [3.8, 4) is 0 Å². The molecule has 0 unspecified atom stereocenters. The number of amides is 1. The van der Waals surface area contributed by atoms with Crippen molar-refractivity contribution in [3.63, 3.8) is 0 Å². The van der Waals surface area contributed by atoms with E-state index in [-0.39, 0.29) is 22.9 Å². The minimum atomic E-state index is -4.59. The van der Waals surface area contributed by atoms with E-state index in [4.69, 9.17) is 10.1 Å². The monoisotopic (exact) mass is 329 g/mol. The first kappa shape index (κ1) is 16.0. The van der Waals surface area contributed by atoms with Crippen molar-refractivity contribution in [2.24, 2.45) is 0 Å². The van der Waals surface area contributed by atoms with Gasteiger partial charge in [-0.1, -0.05) is 6.58 Å². The molecule has 0 saturated heterocycles. The molecule has 0 radical (unpaired) electrons. The van der Waals surface area contributed by atoms with E-state index in [1.807, 2.05) is 0 Å². The Bertz CT molecular complexity index is 716. The van der Waals surface area contributed by atoms with Gasteiger partial charge >= 0.3 is 6.18 Å². The van der Waals surface area contributed by atoms with Crippen molar-refractivity contribution in [1.82, 2.24) is 10.3 Å². The van der Waals surface area contributed by atoms with Crippen LogP contribution in [0.1, 0.15) is 15.5 Å². The molecule has 1 aromatic rings. The fourth-order valence-corrected chi connectivity index (χ4v) is 2.25. The molecular weight excluding hydrogens is 319 g/mol. The third-order valence-corrected chi connectivity index (χ3v) is 3.54. The zero-order valence-electron chi connectivity index (χ0n) is 11.2. The van der Waals surface area contributed by atoms with Crippen LogP contribution in [-0.4, -0.2) is 23.7 Å². The van der Waals surface area contributed by atoms with E-state index in [2.05, 4.69) is 16.9 Å². The van der Waals surface area contributed by atoms with Crippen LogP contribution in [0.4, 0.5) is 13.2 Å². The van der Waals surface area contributed by atoms with Gasteiger partial charge in [0.05, 0.1) is 18.5 Å². The summed E-state index contributed by atoms with van der Waals surface area (Å²) in [5.74, 6) is -0.598. The standard InChI is InChI=1S/C13H10F3N3O2S/c1-6-3-8(10(21-2)4-7(6)17)18-11(20)9-5-22-12(19-9)13(14,15)16/h3-5,17H,1H2,2H3,(H,18,20). The second-order valence-corrected chi connectivity index (χ2v) is 5.06. The molecule has 0 aromatic carbocycles. The van der Waals surface area contributed by atoms with Crippen LogP contribution in [0.5, 0.6) is 0 Å². The topological polar surface area (TPSA) is 75.1 Å². The number of thiazole rings is 1. The molecule has 1 aliphatic rings. The molecule has 1 amide bonds. The zero-order chi connectivity index (χ0) is 16.5. The van der Waals surface area contributed by atoms with Gasteiger partial charge in [0.15, 0.2) is 5.01 Å². The number of halogens is 3. The molecule has 1 aliphatic carbocycles. The molecule has 1 heterocycles. The number of carbonyl (C=O) groups is 1. The van der Waals surface area contributed by atoms with Crippen LogP contribution < -0.4 is 5.32 Å². The van der Waals surface area contributed by atoms with Crippen molar-refractivity contribution >= 4 is 23.0 Å². The predicted molar refractivity (Wildman–Crippen MR) is 74.6 cm³/mol. The molecule has 0 spiro atoms. The molecule has 0 saturated carbocycles. The number of alkyl halides is 3. The van der Waals surface area contributed by atoms with Crippen LogP contribution in [0.3, 0.4) is 0 Å². The molecule has 22 heavy (non-hydrogen) atoms. The molecule has 116 valence electrons. The molecular formula is C13H10F3N3O2S. The van der Waals surface area contributed by atoms with Crippen LogP contribution in [-0.2, 0) is 10.9 Å². The third-order valence-electron chi connectivity index (χ3n) is 2.65. The van der Waals surface area contributed by atoms with E-state index < -0.39 is 17.1 Å². The lowest BCUT2D eigenvalue weighted by atomic mass is 10.0. The molecule has 0 bridgehead atoms. The maximum Gasteiger partial charge on any atom is 0.443 e. The maximum atomic E-state index is 12.5. The maximum absolute atomic E-state index is 12.5. The number of carbonyl (C=O) groups excluding carboxylic acids is 1. The smallest absolute Gasteiger partial charge is 0.443 e. The number of nitrogens with one attached hydrogen (secondary N) is 2. The van der Waals surface area contributed by atoms with E-state index in [0.29, 0.717) is 16.9 Å². The van der Waals surface area contributed by atoms with Gasteiger partial charge in [0.2, 0.25) is 0 Å². The van der Waals surface area contributed by atoms with Gasteiger partial charge in [-0.25, -0.2) is 4.98 Å². The highest BCUT2D eigenvalue weighted by Gasteiger charge is 2.35. The fourth-order valence-electron chi connectivity index (χ4n) is 1.59. The summed E-state index contributed by atoms with van der Waals surface area (Å²) in [4.78, 5) is 15.2. The third kappa shape index (κ3) is 3.25. The number of aromatic nitrogens is 1. The highest BCUT2D eigenvalue weighted by Crippen LogP contribution is 2.31. The lowest BCUT2D eigenvalue weighted by molar-refractivity contribution is -0.137. The number of ether oxygens (including phenoxy) is 1. The van der Waals surface area contributed by atoms with Crippen molar-refractivity contribution in [2.75, 3.05) is 7.11 Å². The predicted octanol–water partition coefficient (Wildman–Crippen LogP) is 2.90. The van der Waals surface area contributed by atoms with Gasteiger partial charge in [-0.2, -0.15) is 13.2 Å². The van der Waals surface area contributed by atoms with E-state index >= 15 is 0 Å². The van der Waals surface area contributed by atoms with Gasteiger partial charge in [0.25, 0.3) is 5.91 Å². The summed E-state index contributed by atoms with van der Waals surface area (Å²) in [5.41, 5.74) is 0.309. The van der Waals surface area contributed by atoms with Crippen LogP contribution in [0, 0.1) is 5.41 Å². The van der Waals surface area contributed by atoms with Gasteiger partial charge < -0.3 is 15.5 Å². The Kier molecular flexibility index (Phi) is 4.18. The first-order valence-electron chi connectivity index (χ1n) is 5.82. The Balaban J connectivity index is 2.20. The summed E-state index contributed by atoms with van der Waals surface area (Å²) in [5, 5.41) is 9.92. The molecule has 2 N–H and O–H groups in total. The van der Waals surface area contributed by atoms with Gasteiger partial charge in [0, 0.05) is 11.5 Å². The number of methoxy groups -OCH3 is 1. The fraction of sp³-hybridized carbons (Fsp3) is 0.154. The van der Waals surface area contributed by atoms with E-state index in [0.717, 1.165) is 5.38 Å². The highest BCUT2D eigenvalue weighted by molar-refractivity contribution is 7.09. The molecule has 0 atom stereocenters. The van der Waals surface area contributed by atoms with Crippen LogP contribution in [0.15, 0.2) is 41.1 Å². The lowest BCUT2D eigenvalue weighted by Crippen LogP contribution is -2.27. The second-order valence-electron chi connectivity index (χ2n) is 4.20. The summed E-state index contributed by atoms with van der Waals surface area (Å²) in [7, 11) is 1.35. The Labute approximate surface area is 127 Å². The quantitative estimate of drug-likeness (QED) is 0.895. The average Bonchev–Trinajstić information content (AvgIpc) is 2.92. The summed E-state index contributed by atoms with van der Waals surface area (Å²) >= 11 is 0.340. The Morgan fingerprint density at radius 3 is 2.68 bits per heavy atom. The van der Waals surface area contributed by atoms with Crippen molar-refractivity contribution in [2.45, 2.75) is 6.18 Å². The van der Waals surface area contributed by atoms with Crippen molar-refractivity contribution in [3.05, 3.63) is 51.8 Å². The highest BCUT2D eigenvalue weighted by atomic mass is 32.1. The van der Waals surface area contributed by atoms with Gasteiger partial charge in [-0.3, -0.25) is 4.79 Å². The summed E-state index contributed by atoms with van der Waals surface area (Å²) in [6.45, 7) is 3.62. The molecule has 9 heteroatoms. The Morgan fingerprint density at radius 1 is 1.45 bits per heavy atom. The van der Waals surface area contributed by atoms with E-state index in [1.165, 1.54) is 19.3 Å². The van der Waals surface area contributed by atoms with Gasteiger partial charge in [-0.15, -0.1) is 11.3 Å². The zero-order valence-corrected chi connectivity index (χ0v) is 12.1. The second kappa shape index (κ2) is 5.76. The number of rotatable bonds is 3. The van der Waals surface area contributed by atoms with Crippen LogP contribution in [0.25, 0.3) is 0 Å². The lowest BCUT2D eigenvalue weighted by Gasteiger charge is -2.17. The minimum absolute atomic E-state index is 0.114. The van der Waals surface area contributed by atoms with Crippen LogP contribution >= 0.6 is 11.3 Å². The number of hydrogen-bond donors (Lipinski definition) is 2. The Morgan fingerprint density at radius 2 is 2.14 bits per heavy atom. The average molecular weight is 329 g/mol. The molecule has 0 aliphatic heterocycles. The molecule has 5 nitrogen and oxygen atoms in total. The van der Waals surface area contributed by atoms with Crippen molar-refractivity contribution < 1.29 is 22.7 Å². The number of hydrogen-bond acceptors (Lipinski definition) is 5. The summed E-state index contributed by atoms with van der Waals surface area (Å²) < 4.78 is 42.4. The largest absolute Gasteiger partial charge is 0.494 e. The normalized spacial score (nSPS) is 15.3. The number of allylic oxidation sites excluding steroid dienone is 3. The molecule has 0 fully saturated rings. The van der Waals surface area contributed by atoms with Crippen molar-refractivity contribution in [1.29, 1.82) is 5.41 Å². The summed E-state index contributed by atoms with van der Waals surface area (Å²) in [6, 6.07) is 0.